The summed E-state index contributed by atoms with van der Waals surface area (Å²) >= 11 is 0. The summed E-state index contributed by atoms with van der Waals surface area (Å²) in [5, 5.41) is 18.6. The molecule has 6 heteroatoms. The van der Waals surface area contributed by atoms with Gasteiger partial charge in [-0.25, -0.2) is 0 Å². The summed E-state index contributed by atoms with van der Waals surface area (Å²) in [7, 11) is 0. The molecular weight excluding hydrogens is 316 g/mol. The fourth-order valence-corrected chi connectivity index (χ4v) is 3.25. The molecule has 4 rings (SSSR count). The largest absolute Gasteiger partial charge is 0.507 e. The van der Waals surface area contributed by atoms with Crippen molar-refractivity contribution in [3.05, 3.63) is 66.0 Å². The lowest BCUT2D eigenvalue weighted by atomic mass is 10.1. The average Bonchev–Trinajstić information content (AvgIpc) is 3.04. The Morgan fingerprint density at radius 2 is 1.80 bits per heavy atom. The highest BCUT2D eigenvalue weighted by Gasteiger charge is 2.33. The van der Waals surface area contributed by atoms with Crippen LogP contribution in [0.25, 0.3) is 11.4 Å². The topological polar surface area (TPSA) is 71.2 Å². The lowest BCUT2D eigenvalue weighted by molar-refractivity contribution is -0.137. The second kappa shape index (κ2) is 6.05. The number of hydrogen-bond donors (Lipinski definition) is 1. The Hall–Kier alpha value is -3.15. The van der Waals surface area contributed by atoms with Crippen LogP contribution < -0.4 is 0 Å². The standard InChI is InChI=1S/C19H18N4O2/c1-13-19(25)22(11-14-7-3-2-4-8-14)12-17-20-21-18(23(13)17)15-9-5-6-10-16(15)24/h2-10,13,24H,11-12H2,1H3/t13-/m0/s1. The van der Waals surface area contributed by atoms with Gasteiger partial charge in [-0.1, -0.05) is 42.5 Å². The van der Waals surface area contributed by atoms with Crippen molar-refractivity contribution in [2.75, 3.05) is 0 Å². The molecule has 3 aromatic rings. The third kappa shape index (κ3) is 2.65. The molecule has 0 aliphatic carbocycles. The molecule has 0 saturated carbocycles. The predicted molar refractivity (Wildman–Crippen MR) is 92.5 cm³/mol. The van der Waals surface area contributed by atoms with E-state index in [4.69, 9.17) is 0 Å². The number of carbonyl (C=O) groups excluding carboxylic acids is 1. The van der Waals surface area contributed by atoms with Crippen LogP contribution in [0, 0.1) is 0 Å². The monoisotopic (exact) mass is 334 g/mol. The van der Waals surface area contributed by atoms with Gasteiger partial charge in [0.1, 0.15) is 11.8 Å². The summed E-state index contributed by atoms with van der Waals surface area (Å²) in [5.41, 5.74) is 1.66. The van der Waals surface area contributed by atoms with E-state index in [1.807, 2.05) is 47.9 Å². The average molecular weight is 334 g/mol. The minimum atomic E-state index is -0.419. The quantitative estimate of drug-likeness (QED) is 0.799. The number of amides is 1. The molecular formula is C19H18N4O2. The second-order valence-corrected chi connectivity index (χ2v) is 6.18. The second-order valence-electron chi connectivity index (χ2n) is 6.18. The van der Waals surface area contributed by atoms with Crippen molar-refractivity contribution in [2.45, 2.75) is 26.1 Å². The Labute approximate surface area is 145 Å². The first-order valence-electron chi connectivity index (χ1n) is 8.20. The zero-order valence-corrected chi connectivity index (χ0v) is 13.8. The van der Waals surface area contributed by atoms with Gasteiger partial charge in [0.2, 0.25) is 5.91 Å². The minimum Gasteiger partial charge on any atom is -0.507 e. The van der Waals surface area contributed by atoms with Gasteiger partial charge >= 0.3 is 0 Å². The van der Waals surface area contributed by atoms with Crippen LogP contribution in [0.5, 0.6) is 5.75 Å². The van der Waals surface area contributed by atoms with Crippen LogP contribution in [-0.2, 0) is 17.9 Å². The van der Waals surface area contributed by atoms with Crippen LogP contribution in [0.2, 0.25) is 0 Å². The molecule has 2 aromatic carbocycles. The van der Waals surface area contributed by atoms with Crippen molar-refractivity contribution in [2.24, 2.45) is 0 Å². The molecule has 1 aliphatic rings. The van der Waals surface area contributed by atoms with Gasteiger partial charge in [-0.15, -0.1) is 10.2 Å². The molecule has 1 atom stereocenters. The van der Waals surface area contributed by atoms with Crippen molar-refractivity contribution < 1.29 is 9.90 Å². The Bertz CT molecular complexity index is 920. The Morgan fingerprint density at radius 1 is 1.08 bits per heavy atom. The molecule has 1 aromatic heterocycles. The summed E-state index contributed by atoms with van der Waals surface area (Å²) in [6.45, 7) is 2.79. The lowest BCUT2D eigenvalue weighted by Crippen LogP contribution is -2.41. The van der Waals surface area contributed by atoms with Crippen molar-refractivity contribution in [3.8, 4) is 17.1 Å². The third-order valence-electron chi connectivity index (χ3n) is 4.52. The third-order valence-corrected chi connectivity index (χ3v) is 4.52. The van der Waals surface area contributed by atoms with Gasteiger partial charge in [0.15, 0.2) is 11.6 Å². The van der Waals surface area contributed by atoms with Crippen LogP contribution >= 0.6 is 0 Å². The summed E-state index contributed by atoms with van der Waals surface area (Å²) in [5.74, 6) is 1.39. The fraction of sp³-hybridized carbons (Fsp3) is 0.211. The smallest absolute Gasteiger partial charge is 0.246 e. The maximum atomic E-state index is 12.8. The fourth-order valence-electron chi connectivity index (χ4n) is 3.25. The Kier molecular flexibility index (Phi) is 3.72. The van der Waals surface area contributed by atoms with Gasteiger partial charge in [0.05, 0.1) is 12.1 Å². The highest BCUT2D eigenvalue weighted by molar-refractivity contribution is 5.82. The zero-order valence-electron chi connectivity index (χ0n) is 13.8. The van der Waals surface area contributed by atoms with E-state index in [-0.39, 0.29) is 11.7 Å². The summed E-state index contributed by atoms with van der Waals surface area (Å²) in [4.78, 5) is 14.6. The van der Waals surface area contributed by atoms with E-state index >= 15 is 0 Å². The van der Waals surface area contributed by atoms with Gasteiger partial charge in [-0.3, -0.25) is 9.36 Å². The van der Waals surface area contributed by atoms with Crippen molar-refractivity contribution in [1.82, 2.24) is 19.7 Å². The SMILES string of the molecule is C[C@H]1C(=O)N(Cc2ccccc2)Cc2nnc(-c3ccccc3O)n21. The normalized spacial score (nSPS) is 16.8. The van der Waals surface area contributed by atoms with E-state index in [2.05, 4.69) is 10.2 Å². The van der Waals surface area contributed by atoms with E-state index < -0.39 is 6.04 Å². The number of benzene rings is 2. The number of nitrogens with zero attached hydrogens (tertiary/aromatic N) is 4. The molecule has 0 saturated heterocycles. The van der Waals surface area contributed by atoms with Crippen molar-refractivity contribution in [1.29, 1.82) is 0 Å². The van der Waals surface area contributed by atoms with Gasteiger partial charge in [0, 0.05) is 6.54 Å². The van der Waals surface area contributed by atoms with E-state index in [1.165, 1.54) is 0 Å². The molecule has 0 bridgehead atoms. The highest BCUT2D eigenvalue weighted by atomic mass is 16.3. The molecule has 6 nitrogen and oxygen atoms in total. The van der Waals surface area contributed by atoms with Crippen molar-refractivity contribution >= 4 is 5.91 Å². The van der Waals surface area contributed by atoms with E-state index in [0.717, 1.165) is 11.4 Å². The number of phenolic OH excluding ortho intramolecular Hbond substituents is 1. The van der Waals surface area contributed by atoms with Gasteiger partial charge in [-0.2, -0.15) is 0 Å². The molecule has 0 fully saturated rings. The van der Waals surface area contributed by atoms with Crippen LogP contribution in [0.1, 0.15) is 24.4 Å². The first-order valence-corrected chi connectivity index (χ1v) is 8.20. The number of aromatic hydroxyl groups is 1. The van der Waals surface area contributed by atoms with Crippen molar-refractivity contribution in [3.63, 3.8) is 0 Å². The lowest BCUT2D eigenvalue weighted by Gasteiger charge is -2.32. The first-order chi connectivity index (χ1) is 12.1. The highest BCUT2D eigenvalue weighted by Crippen LogP contribution is 2.33. The molecule has 0 unspecified atom stereocenters. The van der Waals surface area contributed by atoms with Gasteiger partial charge in [-0.05, 0) is 24.6 Å². The molecule has 1 N–H and O–H groups in total. The Balaban J connectivity index is 1.69. The molecule has 1 aliphatic heterocycles. The number of rotatable bonds is 3. The number of hydrogen-bond acceptors (Lipinski definition) is 4. The number of phenols is 1. The van der Waals surface area contributed by atoms with Gasteiger partial charge < -0.3 is 10.0 Å². The van der Waals surface area contributed by atoms with Crippen LogP contribution in [0.4, 0.5) is 0 Å². The Morgan fingerprint density at radius 3 is 2.56 bits per heavy atom. The molecule has 2 heterocycles. The predicted octanol–water partition coefficient (Wildman–Crippen LogP) is 2.75. The van der Waals surface area contributed by atoms with Crippen LogP contribution in [0.3, 0.4) is 0 Å². The summed E-state index contributed by atoms with van der Waals surface area (Å²) in [6, 6.07) is 16.4. The first kappa shape index (κ1) is 15.4. The molecule has 0 spiro atoms. The number of aromatic nitrogens is 3. The maximum Gasteiger partial charge on any atom is 0.246 e. The van der Waals surface area contributed by atoms with Crippen LogP contribution in [-0.4, -0.2) is 30.7 Å². The molecule has 0 radical (unpaired) electrons. The maximum absolute atomic E-state index is 12.8. The molecule has 126 valence electrons. The van der Waals surface area contributed by atoms with E-state index in [0.29, 0.717) is 24.5 Å². The number of fused-ring (bicyclic) bond motifs is 1. The van der Waals surface area contributed by atoms with Crippen LogP contribution in [0.15, 0.2) is 54.6 Å². The van der Waals surface area contributed by atoms with E-state index in [1.54, 1.807) is 23.1 Å². The number of para-hydroxylation sites is 1. The number of carbonyl (C=O) groups is 1. The minimum absolute atomic E-state index is 0.0211. The zero-order chi connectivity index (χ0) is 17.4. The molecule has 25 heavy (non-hydrogen) atoms. The van der Waals surface area contributed by atoms with Gasteiger partial charge in [0.25, 0.3) is 0 Å². The van der Waals surface area contributed by atoms with E-state index in [9.17, 15) is 9.90 Å². The summed E-state index contributed by atoms with van der Waals surface area (Å²) < 4.78 is 1.82. The summed E-state index contributed by atoms with van der Waals surface area (Å²) in [6.07, 6.45) is 0. The molecule has 1 amide bonds.